The summed E-state index contributed by atoms with van der Waals surface area (Å²) in [5, 5.41) is 0. The second-order valence-electron chi connectivity index (χ2n) is 13.5. The number of ether oxygens (including phenoxy) is 3. The molecule has 0 saturated carbocycles. The molecule has 6 N–H and O–H groups in total. The number of nitrogens with zero attached hydrogens (tertiary/aromatic N) is 8. The van der Waals surface area contributed by atoms with Crippen molar-refractivity contribution in [3.63, 3.8) is 0 Å². The van der Waals surface area contributed by atoms with Gasteiger partial charge in [-0.2, -0.15) is 4.98 Å². The molecule has 318 valence electrons. The average Bonchev–Trinajstić information content (AvgIpc) is 3.89. The number of imidazole rings is 1. The second kappa shape index (κ2) is 19.4. The maximum Gasteiger partial charge on any atom is 0.472 e. The Bertz CT molecular complexity index is 2100. The zero-order valence-electron chi connectivity index (χ0n) is 31.8. The van der Waals surface area contributed by atoms with Crippen LogP contribution in [-0.4, -0.2) is 131 Å². The van der Waals surface area contributed by atoms with E-state index in [1.807, 2.05) is 0 Å². The predicted octanol–water partition coefficient (Wildman–Crippen LogP) is 0.297. The first kappa shape index (κ1) is 44.5. The summed E-state index contributed by atoms with van der Waals surface area (Å²) in [5.74, 6) is -1.53. The second-order valence-corrected chi connectivity index (χ2v) is 15.7. The number of rotatable bonds is 19. The highest BCUT2D eigenvalue weighted by molar-refractivity contribution is 7.47. The molecule has 9 atom stereocenters. The fourth-order valence-corrected chi connectivity index (χ4v) is 7.55. The van der Waals surface area contributed by atoms with Crippen molar-refractivity contribution in [2.45, 2.75) is 81.4 Å². The molecule has 5 heterocycles. The zero-order valence-corrected chi connectivity index (χ0v) is 33.7. The van der Waals surface area contributed by atoms with Crippen molar-refractivity contribution in [3.8, 4) is 0 Å². The molecule has 0 aliphatic carbocycles. The number of hydrogen-bond donors (Lipinski definition) is 4. The summed E-state index contributed by atoms with van der Waals surface area (Å²) >= 11 is 0. The van der Waals surface area contributed by atoms with Gasteiger partial charge in [0.1, 0.15) is 60.6 Å². The lowest BCUT2D eigenvalue weighted by atomic mass is 10.1. The standard InChI is InChI=1S/C32H46N10O14P2/c1-5-6-7-25(44)40(4)18(8-9-24(43)39(2)3)31(45)55-19-12-27(42-17-37-28-29(34)35-16-36-30(28)42)54-22(19)15-52-58(49,50)56-20-13-26(53-21(20)14-51-57(47)48)41-11-10-23(33)38-32(41)46/h5,10-11,16-22,26-27,57H,1,6-9,12-15H2,2-4H3,(H,47,48)(H,49,50)(H2,33,38,46)(H2,34,35,36)/t18-,19?,20-,21+,22+,26+,27+/m0/s1. The van der Waals surface area contributed by atoms with E-state index in [2.05, 4.69) is 26.5 Å². The highest BCUT2D eigenvalue weighted by Gasteiger charge is 2.45. The fourth-order valence-electron chi connectivity index (χ4n) is 6.28. The van der Waals surface area contributed by atoms with Gasteiger partial charge in [-0.25, -0.2) is 29.1 Å². The van der Waals surface area contributed by atoms with Crippen molar-refractivity contribution in [3.05, 3.63) is 48.1 Å². The van der Waals surface area contributed by atoms with Gasteiger partial charge in [-0.3, -0.25) is 32.3 Å². The van der Waals surface area contributed by atoms with Crippen molar-refractivity contribution < 1.29 is 61.1 Å². The van der Waals surface area contributed by atoms with Gasteiger partial charge in [-0.05, 0) is 18.9 Å². The van der Waals surface area contributed by atoms with Crippen LogP contribution in [0, 0.1) is 0 Å². The Morgan fingerprint density at radius 2 is 1.76 bits per heavy atom. The number of hydrogen-bond acceptors (Lipinski definition) is 18. The minimum atomic E-state index is -5.06. The molecular weight excluding hydrogens is 810 g/mol. The number of carbonyl (C=O) groups is 3. The van der Waals surface area contributed by atoms with Crippen LogP contribution in [0.25, 0.3) is 11.2 Å². The maximum absolute atomic E-state index is 13.9. The lowest BCUT2D eigenvalue weighted by Gasteiger charge is -2.29. The van der Waals surface area contributed by atoms with E-state index in [4.69, 9.17) is 39.2 Å². The molecule has 2 fully saturated rings. The molecule has 2 saturated heterocycles. The molecule has 0 radical (unpaired) electrons. The Balaban J connectivity index is 1.36. The SMILES string of the molecule is C=CCCC(=O)N(C)[C@@H](CCC(=O)N(C)C)C(=O)OC1C[C@H](n2cnc3c(N)ncnc32)O[C@@H]1COP(=O)(O)O[C@H]1C[C@H](n2ccc(N)nc2=O)O[C@@H]1CO[PH](=O)O. The number of likely N-dealkylation sites (N-methyl/N-ethyl adjacent to an activating group) is 1. The van der Waals surface area contributed by atoms with Gasteiger partial charge in [-0.1, -0.05) is 6.08 Å². The van der Waals surface area contributed by atoms with E-state index in [1.54, 1.807) is 20.2 Å². The molecule has 26 heteroatoms. The van der Waals surface area contributed by atoms with Crippen LogP contribution in [0.1, 0.15) is 51.0 Å². The molecule has 5 rings (SSSR count). The van der Waals surface area contributed by atoms with Crippen LogP contribution in [0.5, 0.6) is 0 Å². The number of phosphoric acid groups is 1. The first-order valence-electron chi connectivity index (χ1n) is 17.8. The number of fused-ring (bicyclic) bond motifs is 1. The summed E-state index contributed by atoms with van der Waals surface area (Å²) < 4.78 is 61.0. The summed E-state index contributed by atoms with van der Waals surface area (Å²) in [6, 6.07) is 0.123. The van der Waals surface area contributed by atoms with E-state index in [-0.39, 0.29) is 60.8 Å². The molecule has 3 aromatic heterocycles. The average molecular weight is 857 g/mol. The van der Waals surface area contributed by atoms with E-state index in [9.17, 15) is 38.1 Å². The van der Waals surface area contributed by atoms with Crippen LogP contribution >= 0.6 is 16.1 Å². The number of nitrogens with two attached hydrogens (primary N) is 2. The number of amides is 2. The third-order valence-electron chi connectivity index (χ3n) is 9.35. The summed E-state index contributed by atoms with van der Waals surface area (Å²) in [4.78, 5) is 90.8. The van der Waals surface area contributed by atoms with Crippen molar-refractivity contribution in [1.29, 1.82) is 0 Å². The van der Waals surface area contributed by atoms with Crippen molar-refractivity contribution in [2.24, 2.45) is 0 Å². The van der Waals surface area contributed by atoms with Gasteiger partial charge >= 0.3 is 27.7 Å². The number of aromatic nitrogens is 6. The lowest BCUT2D eigenvalue weighted by Crippen LogP contribution is -2.46. The van der Waals surface area contributed by atoms with Gasteiger partial charge in [0.15, 0.2) is 11.5 Å². The number of carbonyl (C=O) groups excluding carboxylic acids is 3. The van der Waals surface area contributed by atoms with Crippen LogP contribution in [0.15, 0.2) is 42.4 Å². The number of phosphoric ester groups is 1. The fraction of sp³-hybridized carbons (Fsp3) is 0.562. The summed E-state index contributed by atoms with van der Waals surface area (Å²) in [7, 11) is -3.99. The van der Waals surface area contributed by atoms with Crippen LogP contribution in [0.4, 0.5) is 11.6 Å². The predicted molar refractivity (Wildman–Crippen MR) is 201 cm³/mol. The van der Waals surface area contributed by atoms with Gasteiger partial charge in [0, 0.05) is 53.0 Å². The van der Waals surface area contributed by atoms with Crippen LogP contribution in [0.3, 0.4) is 0 Å². The molecule has 2 amide bonds. The van der Waals surface area contributed by atoms with Crippen molar-refractivity contribution >= 4 is 56.7 Å². The van der Waals surface area contributed by atoms with E-state index < -0.39 is 89.8 Å². The summed E-state index contributed by atoms with van der Waals surface area (Å²) in [5.41, 5.74) is 11.3. The Hall–Kier alpha value is -4.64. The molecule has 0 bridgehead atoms. The lowest BCUT2D eigenvalue weighted by molar-refractivity contribution is -0.162. The van der Waals surface area contributed by atoms with Gasteiger partial charge in [0.25, 0.3) is 0 Å². The molecule has 24 nitrogen and oxygen atoms in total. The quantitative estimate of drug-likeness (QED) is 0.0715. The normalized spacial score (nSPS) is 23.9. The van der Waals surface area contributed by atoms with E-state index in [0.717, 1.165) is 4.57 Å². The van der Waals surface area contributed by atoms with Gasteiger partial charge in [0.2, 0.25) is 11.8 Å². The van der Waals surface area contributed by atoms with Crippen LogP contribution in [-0.2, 0) is 51.3 Å². The molecule has 0 spiro atoms. The topological polar surface area (TPSA) is 318 Å². The monoisotopic (exact) mass is 856 g/mol. The molecule has 3 aromatic rings. The Kier molecular flexibility index (Phi) is 14.9. The number of esters is 1. The molecule has 58 heavy (non-hydrogen) atoms. The first-order valence-corrected chi connectivity index (χ1v) is 20.6. The third-order valence-corrected chi connectivity index (χ3v) is 10.8. The van der Waals surface area contributed by atoms with Crippen LogP contribution < -0.4 is 17.2 Å². The number of anilines is 2. The van der Waals surface area contributed by atoms with Gasteiger partial charge in [0.05, 0.1) is 19.5 Å². The van der Waals surface area contributed by atoms with E-state index in [0.29, 0.717) is 6.42 Å². The number of allylic oxidation sites excluding steroid dienone is 1. The zero-order chi connectivity index (χ0) is 42.3. The maximum atomic E-state index is 13.9. The van der Waals surface area contributed by atoms with E-state index >= 15 is 0 Å². The van der Waals surface area contributed by atoms with Crippen molar-refractivity contribution in [2.75, 3.05) is 45.8 Å². The number of nitrogen functional groups attached to an aromatic ring is 2. The molecule has 0 aromatic carbocycles. The highest BCUT2D eigenvalue weighted by atomic mass is 31.2. The summed E-state index contributed by atoms with van der Waals surface area (Å²) in [6.45, 7) is 2.37. The van der Waals surface area contributed by atoms with Crippen LogP contribution in [0.2, 0.25) is 0 Å². The van der Waals surface area contributed by atoms with Gasteiger partial charge in [-0.15, -0.1) is 6.58 Å². The minimum Gasteiger partial charge on any atom is -0.458 e. The van der Waals surface area contributed by atoms with Crippen molar-refractivity contribution in [1.82, 2.24) is 38.9 Å². The molecule has 3 unspecified atom stereocenters. The third kappa shape index (κ3) is 11.1. The Morgan fingerprint density at radius 1 is 1.07 bits per heavy atom. The highest BCUT2D eigenvalue weighted by Crippen LogP contribution is 2.49. The smallest absolute Gasteiger partial charge is 0.458 e. The first-order chi connectivity index (χ1) is 27.5. The molecule has 2 aliphatic rings. The summed E-state index contributed by atoms with van der Waals surface area (Å²) in [6.07, 6.45) is -1.63. The largest absolute Gasteiger partial charge is 0.472 e. The molecule has 2 aliphatic heterocycles. The Labute approximate surface area is 331 Å². The molecular formula is C32H46N10O14P2. The minimum absolute atomic E-state index is 0.0488. The van der Waals surface area contributed by atoms with Gasteiger partial charge < -0.3 is 49.8 Å². The Morgan fingerprint density at radius 3 is 2.43 bits per heavy atom. The van der Waals surface area contributed by atoms with E-state index in [1.165, 1.54) is 46.3 Å².